The first-order valence-electron chi connectivity index (χ1n) is 6.10. The van der Waals surface area contributed by atoms with E-state index < -0.39 is 11.9 Å². The van der Waals surface area contributed by atoms with Crippen LogP contribution in [0.5, 0.6) is 5.75 Å². The van der Waals surface area contributed by atoms with E-state index in [1.165, 1.54) is 0 Å². The van der Waals surface area contributed by atoms with E-state index in [4.69, 9.17) is 16.2 Å². The minimum Gasteiger partial charge on any atom is -0.493 e. The highest BCUT2D eigenvalue weighted by molar-refractivity contribution is 5.94. The maximum absolute atomic E-state index is 11.6. The van der Waals surface area contributed by atoms with E-state index in [2.05, 4.69) is 5.32 Å². The maximum Gasteiger partial charge on any atom is 0.241 e. The number of rotatable bonds is 7. The van der Waals surface area contributed by atoms with Crippen molar-refractivity contribution in [3.8, 4) is 5.75 Å². The van der Waals surface area contributed by atoms with Crippen LogP contribution in [0.15, 0.2) is 24.3 Å². The Labute approximate surface area is 112 Å². The number of hydrogen-bond donors (Lipinski definition) is 3. The largest absolute Gasteiger partial charge is 0.493 e. The second-order valence-corrected chi connectivity index (χ2v) is 4.09. The van der Waals surface area contributed by atoms with Gasteiger partial charge >= 0.3 is 0 Å². The number of primary amides is 1. The summed E-state index contributed by atoms with van der Waals surface area (Å²) in [6, 6.07) is 6.31. The molecule has 0 aromatic heterocycles. The van der Waals surface area contributed by atoms with Gasteiger partial charge in [-0.2, -0.15) is 0 Å². The summed E-state index contributed by atoms with van der Waals surface area (Å²) in [4.78, 5) is 22.1. The summed E-state index contributed by atoms with van der Waals surface area (Å²) in [5, 5.41) is 2.70. The molecule has 0 heterocycles. The second-order valence-electron chi connectivity index (χ2n) is 4.09. The SMILES string of the molecule is CC[C@@H](N)C(=O)Nc1ccc(OCCC(N)=O)cc1. The Morgan fingerprint density at radius 3 is 2.47 bits per heavy atom. The van der Waals surface area contributed by atoms with E-state index in [9.17, 15) is 9.59 Å². The van der Waals surface area contributed by atoms with Gasteiger partial charge in [0, 0.05) is 5.69 Å². The van der Waals surface area contributed by atoms with Gasteiger partial charge in [0.25, 0.3) is 0 Å². The highest BCUT2D eigenvalue weighted by atomic mass is 16.5. The third kappa shape index (κ3) is 5.39. The van der Waals surface area contributed by atoms with Crippen molar-refractivity contribution >= 4 is 17.5 Å². The van der Waals surface area contributed by atoms with Gasteiger partial charge in [-0.05, 0) is 30.7 Å². The first-order valence-corrected chi connectivity index (χ1v) is 6.10. The lowest BCUT2D eigenvalue weighted by Gasteiger charge is -2.10. The molecule has 1 atom stereocenters. The van der Waals surface area contributed by atoms with Crippen molar-refractivity contribution in [3.63, 3.8) is 0 Å². The second kappa shape index (κ2) is 7.38. The molecule has 0 spiro atoms. The molecular weight excluding hydrogens is 246 g/mol. The number of benzene rings is 1. The zero-order valence-electron chi connectivity index (χ0n) is 10.9. The molecule has 0 aliphatic heterocycles. The van der Waals surface area contributed by atoms with Gasteiger partial charge in [0.1, 0.15) is 5.75 Å². The molecular formula is C13H19N3O3. The third-order valence-corrected chi connectivity index (χ3v) is 2.52. The Balaban J connectivity index is 2.47. The number of carbonyl (C=O) groups is 2. The zero-order valence-corrected chi connectivity index (χ0v) is 10.9. The molecule has 19 heavy (non-hydrogen) atoms. The highest BCUT2D eigenvalue weighted by Crippen LogP contribution is 2.16. The van der Waals surface area contributed by atoms with Crippen LogP contribution in [0, 0.1) is 0 Å². The van der Waals surface area contributed by atoms with Crippen molar-refractivity contribution in [2.24, 2.45) is 11.5 Å². The van der Waals surface area contributed by atoms with E-state index in [-0.39, 0.29) is 18.9 Å². The van der Waals surface area contributed by atoms with Crippen LogP contribution in [0.4, 0.5) is 5.69 Å². The number of carbonyl (C=O) groups excluding carboxylic acids is 2. The van der Waals surface area contributed by atoms with E-state index in [0.29, 0.717) is 17.9 Å². The summed E-state index contributed by atoms with van der Waals surface area (Å²) in [5.41, 5.74) is 11.3. The fourth-order valence-corrected chi connectivity index (χ4v) is 1.32. The molecule has 104 valence electrons. The lowest BCUT2D eigenvalue weighted by Crippen LogP contribution is -2.34. The van der Waals surface area contributed by atoms with Crippen LogP contribution >= 0.6 is 0 Å². The number of amides is 2. The van der Waals surface area contributed by atoms with Crippen LogP contribution in [0.2, 0.25) is 0 Å². The molecule has 6 nitrogen and oxygen atoms in total. The standard InChI is InChI=1S/C13H19N3O3/c1-2-11(14)13(18)16-9-3-5-10(6-4-9)19-8-7-12(15)17/h3-6,11H,2,7-8,14H2,1H3,(H2,15,17)(H,16,18)/t11-/m1/s1. The first-order chi connectivity index (χ1) is 9.02. The van der Waals surface area contributed by atoms with Gasteiger partial charge in [-0.25, -0.2) is 0 Å². The number of anilines is 1. The van der Waals surface area contributed by atoms with Crippen LogP contribution in [-0.2, 0) is 9.59 Å². The lowest BCUT2D eigenvalue weighted by atomic mass is 10.2. The molecule has 0 radical (unpaired) electrons. The van der Waals surface area contributed by atoms with Gasteiger partial charge in [-0.15, -0.1) is 0 Å². The molecule has 2 amide bonds. The van der Waals surface area contributed by atoms with Gasteiger partial charge in [0.2, 0.25) is 11.8 Å². The predicted molar refractivity (Wildman–Crippen MR) is 72.6 cm³/mol. The maximum atomic E-state index is 11.6. The molecule has 1 rings (SSSR count). The highest BCUT2D eigenvalue weighted by Gasteiger charge is 2.10. The van der Waals surface area contributed by atoms with Crippen LogP contribution in [0.1, 0.15) is 19.8 Å². The number of nitrogens with two attached hydrogens (primary N) is 2. The molecule has 0 aliphatic carbocycles. The van der Waals surface area contributed by atoms with Crippen molar-refractivity contribution in [2.75, 3.05) is 11.9 Å². The summed E-state index contributed by atoms with van der Waals surface area (Å²) < 4.78 is 5.31. The van der Waals surface area contributed by atoms with Gasteiger partial charge in [-0.3, -0.25) is 9.59 Å². The van der Waals surface area contributed by atoms with Crippen molar-refractivity contribution in [1.29, 1.82) is 0 Å². The molecule has 0 saturated carbocycles. The van der Waals surface area contributed by atoms with E-state index in [0.717, 1.165) is 0 Å². The van der Waals surface area contributed by atoms with Crippen LogP contribution in [-0.4, -0.2) is 24.5 Å². The minimum absolute atomic E-state index is 0.170. The third-order valence-electron chi connectivity index (χ3n) is 2.52. The summed E-state index contributed by atoms with van der Waals surface area (Å²) in [6.45, 7) is 2.08. The van der Waals surface area contributed by atoms with E-state index >= 15 is 0 Å². The quantitative estimate of drug-likeness (QED) is 0.671. The molecule has 1 aromatic rings. The summed E-state index contributed by atoms with van der Waals surface area (Å²) in [5.74, 6) is -0.0126. The first kappa shape index (κ1) is 15.0. The van der Waals surface area contributed by atoms with Crippen LogP contribution < -0.4 is 21.5 Å². The van der Waals surface area contributed by atoms with Crippen LogP contribution in [0.3, 0.4) is 0 Å². The molecule has 0 saturated heterocycles. The molecule has 1 aromatic carbocycles. The van der Waals surface area contributed by atoms with Gasteiger partial charge < -0.3 is 21.5 Å². The monoisotopic (exact) mass is 265 g/mol. The number of nitrogens with one attached hydrogen (secondary N) is 1. The average molecular weight is 265 g/mol. The van der Waals surface area contributed by atoms with Crippen molar-refractivity contribution in [2.45, 2.75) is 25.8 Å². The van der Waals surface area contributed by atoms with Gasteiger partial charge in [-0.1, -0.05) is 6.92 Å². The zero-order chi connectivity index (χ0) is 14.3. The van der Waals surface area contributed by atoms with Crippen LogP contribution in [0.25, 0.3) is 0 Å². The topological polar surface area (TPSA) is 107 Å². The minimum atomic E-state index is -0.508. The van der Waals surface area contributed by atoms with Gasteiger partial charge in [0.15, 0.2) is 0 Å². The molecule has 0 fully saturated rings. The normalized spacial score (nSPS) is 11.7. The summed E-state index contributed by atoms with van der Waals surface area (Å²) >= 11 is 0. The molecule has 5 N–H and O–H groups in total. The summed E-state index contributed by atoms with van der Waals surface area (Å²) in [7, 11) is 0. The Hall–Kier alpha value is -2.08. The van der Waals surface area contributed by atoms with Crippen molar-refractivity contribution in [3.05, 3.63) is 24.3 Å². The van der Waals surface area contributed by atoms with Crippen molar-refractivity contribution in [1.82, 2.24) is 0 Å². The smallest absolute Gasteiger partial charge is 0.241 e. The fourth-order valence-electron chi connectivity index (χ4n) is 1.32. The molecule has 0 unspecified atom stereocenters. The lowest BCUT2D eigenvalue weighted by molar-refractivity contribution is -0.118. The Morgan fingerprint density at radius 1 is 1.32 bits per heavy atom. The molecule has 6 heteroatoms. The van der Waals surface area contributed by atoms with Crippen molar-refractivity contribution < 1.29 is 14.3 Å². The summed E-state index contributed by atoms with van der Waals surface area (Å²) in [6.07, 6.45) is 0.754. The van der Waals surface area contributed by atoms with E-state index in [1.807, 2.05) is 6.92 Å². The average Bonchev–Trinajstić information content (AvgIpc) is 2.39. The Bertz CT molecular complexity index is 431. The Kier molecular flexibility index (Phi) is 5.81. The predicted octanol–water partition coefficient (Wildman–Crippen LogP) is 0.617. The number of hydrogen-bond acceptors (Lipinski definition) is 4. The fraction of sp³-hybridized carbons (Fsp3) is 0.385. The Morgan fingerprint density at radius 2 is 1.95 bits per heavy atom. The molecule has 0 aliphatic rings. The number of ether oxygens (including phenoxy) is 1. The molecule has 0 bridgehead atoms. The van der Waals surface area contributed by atoms with E-state index in [1.54, 1.807) is 24.3 Å². The van der Waals surface area contributed by atoms with Gasteiger partial charge in [0.05, 0.1) is 19.1 Å².